The molecule has 70 valence electrons. The first kappa shape index (κ1) is 8.35. The van der Waals surface area contributed by atoms with Gasteiger partial charge in [0.25, 0.3) is 0 Å². The molecule has 4 heteroatoms. The summed E-state index contributed by atoms with van der Waals surface area (Å²) in [5, 5.41) is 0. The standard InChI is InChI=1S/C8H12F3N/c9-8(10,11)2-1-6-3-7(12,4-6)5-6/h1-5,12H2. The van der Waals surface area contributed by atoms with E-state index in [0.29, 0.717) is 0 Å². The van der Waals surface area contributed by atoms with Crippen molar-refractivity contribution in [2.45, 2.75) is 43.8 Å². The lowest BCUT2D eigenvalue weighted by atomic mass is 9.38. The summed E-state index contributed by atoms with van der Waals surface area (Å²) in [6.07, 6.45) is -1.89. The van der Waals surface area contributed by atoms with Crippen LogP contribution in [0.2, 0.25) is 0 Å². The molecule has 0 unspecified atom stereocenters. The third kappa shape index (κ3) is 1.22. The maximum atomic E-state index is 11.8. The second kappa shape index (κ2) is 1.97. The predicted molar refractivity (Wildman–Crippen MR) is 38.5 cm³/mol. The molecule has 0 atom stereocenters. The molecule has 2 N–H and O–H groups in total. The van der Waals surface area contributed by atoms with Crippen molar-refractivity contribution in [3.05, 3.63) is 0 Å². The van der Waals surface area contributed by atoms with Crippen LogP contribution >= 0.6 is 0 Å². The largest absolute Gasteiger partial charge is 0.389 e. The minimum absolute atomic E-state index is 0.00965. The van der Waals surface area contributed by atoms with E-state index in [2.05, 4.69) is 0 Å². The van der Waals surface area contributed by atoms with E-state index in [-0.39, 0.29) is 17.4 Å². The Bertz CT molecular complexity index is 189. The average Bonchev–Trinajstić information content (AvgIpc) is 1.73. The van der Waals surface area contributed by atoms with Crippen molar-refractivity contribution in [1.29, 1.82) is 0 Å². The second-order valence-electron chi connectivity index (χ2n) is 4.51. The van der Waals surface area contributed by atoms with Crippen LogP contribution in [0.5, 0.6) is 0 Å². The van der Waals surface area contributed by atoms with Crippen molar-refractivity contribution >= 4 is 0 Å². The summed E-state index contributed by atoms with van der Waals surface area (Å²) in [6, 6.07) is 0. The van der Waals surface area contributed by atoms with E-state index in [0.717, 1.165) is 19.3 Å². The van der Waals surface area contributed by atoms with Crippen LogP contribution in [-0.4, -0.2) is 11.7 Å². The summed E-state index contributed by atoms with van der Waals surface area (Å²) in [5.41, 5.74) is 5.66. The Kier molecular flexibility index (Phi) is 1.37. The molecule has 1 nitrogen and oxygen atoms in total. The Labute approximate surface area is 69.1 Å². The summed E-state index contributed by atoms with van der Waals surface area (Å²) >= 11 is 0. The fourth-order valence-corrected chi connectivity index (χ4v) is 2.76. The van der Waals surface area contributed by atoms with E-state index in [1.807, 2.05) is 0 Å². The second-order valence-corrected chi connectivity index (χ2v) is 4.51. The van der Waals surface area contributed by atoms with Gasteiger partial charge in [0.05, 0.1) is 0 Å². The lowest BCUT2D eigenvalue weighted by Gasteiger charge is -2.69. The maximum Gasteiger partial charge on any atom is 0.389 e. The van der Waals surface area contributed by atoms with Gasteiger partial charge >= 0.3 is 6.18 Å². The molecule has 3 fully saturated rings. The highest BCUT2D eigenvalue weighted by Crippen LogP contribution is 2.68. The molecular formula is C8H12F3N. The Morgan fingerprint density at radius 3 is 2.00 bits per heavy atom. The van der Waals surface area contributed by atoms with Gasteiger partial charge in [-0.3, -0.25) is 0 Å². The number of nitrogens with two attached hydrogens (primary N) is 1. The van der Waals surface area contributed by atoms with Crippen molar-refractivity contribution in [1.82, 2.24) is 0 Å². The average molecular weight is 179 g/mol. The van der Waals surface area contributed by atoms with Crippen LogP contribution in [0.3, 0.4) is 0 Å². The van der Waals surface area contributed by atoms with Gasteiger partial charge in [-0.1, -0.05) is 0 Å². The Morgan fingerprint density at radius 1 is 1.17 bits per heavy atom. The monoisotopic (exact) mass is 179 g/mol. The van der Waals surface area contributed by atoms with Crippen molar-refractivity contribution in [2.75, 3.05) is 0 Å². The van der Waals surface area contributed by atoms with Crippen LogP contribution in [0.15, 0.2) is 0 Å². The summed E-state index contributed by atoms with van der Waals surface area (Å²) in [5.74, 6) is 0. The number of hydrogen-bond donors (Lipinski definition) is 1. The predicted octanol–water partition coefficient (Wildman–Crippen LogP) is 2.21. The van der Waals surface area contributed by atoms with Gasteiger partial charge in [-0.05, 0) is 31.1 Å². The molecule has 0 radical (unpaired) electrons. The number of rotatable bonds is 2. The van der Waals surface area contributed by atoms with Crippen LogP contribution in [0, 0.1) is 5.41 Å². The molecule has 12 heavy (non-hydrogen) atoms. The topological polar surface area (TPSA) is 26.0 Å². The molecular weight excluding hydrogens is 167 g/mol. The van der Waals surface area contributed by atoms with Crippen LogP contribution in [0.4, 0.5) is 13.2 Å². The van der Waals surface area contributed by atoms with E-state index in [1.165, 1.54) is 0 Å². The Hall–Kier alpha value is -0.250. The molecule has 3 aliphatic rings. The smallest absolute Gasteiger partial charge is 0.325 e. The minimum atomic E-state index is -3.99. The van der Waals surface area contributed by atoms with Crippen LogP contribution in [0.25, 0.3) is 0 Å². The first-order valence-electron chi connectivity index (χ1n) is 4.18. The molecule has 0 aromatic heterocycles. The van der Waals surface area contributed by atoms with Crippen molar-refractivity contribution in [3.8, 4) is 0 Å². The minimum Gasteiger partial charge on any atom is -0.325 e. The summed E-state index contributed by atoms with van der Waals surface area (Å²) in [6.45, 7) is 0. The molecule has 2 bridgehead atoms. The SMILES string of the molecule is NC12CC(CCC(F)(F)F)(C1)C2. The maximum absolute atomic E-state index is 11.8. The lowest BCUT2D eigenvalue weighted by Crippen LogP contribution is -2.72. The van der Waals surface area contributed by atoms with E-state index in [9.17, 15) is 13.2 Å². The van der Waals surface area contributed by atoms with Gasteiger partial charge in [0.2, 0.25) is 0 Å². The van der Waals surface area contributed by atoms with Gasteiger partial charge < -0.3 is 5.73 Å². The molecule has 0 aromatic rings. The van der Waals surface area contributed by atoms with E-state index in [4.69, 9.17) is 5.73 Å². The normalized spacial score (nSPS) is 45.0. The number of alkyl halides is 3. The summed E-state index contributed by atoms with van der Waals surface area (Å²) in [4.78, 5) is 0. The van der Waals surface area contributed by atoms with Crippen molar-refractivity contribution in [2.24, 2.45) is 11.1 Å². The zero-order valence-corrected chi connectivity index (χ0v) is 6.75. The highest BCUT2D eigenvalue weighted by molar-refractivity contribution is 5.21. The Balaban J connectivity index is 1.77. The summed E-state index contributed by atoms with van der Waals surface area (Å²) in [7, 11) is 0. The zero-order valence-electron chi connectivity index (χ0n) is 6.75. The van der Waals surface area contributed by atoms with Crippen LogP contribution in [0.1, 0.15) is 32.1 Å². The van der Waals surface area contributed by atoms with Crippen molar-refractivity contribution < 1.29 is 13.2 Å². The molecule has 0 aromatic carbocycles. The van der Waals surface area contributed by atoms with Gasteiger partial charge in [0, 0.05) is 12.0 Å². The molecule has 0 spiro atoms. The quantitative estimate of drug-likeness (QED) is 0.691. The van der Waals surface area contributed by atoms with Crippen LogP contribution in [-0.2, 0) is 0 Å². The molecule has 3 rings (SSSR count). The van der Waals surface area contributed by atoms with Gasteiger partial charge in [0.15, 0.2) is 0 Å². The first-order chi connectivity index (χ1) is 5.33. The third-order valence-electron chi connectivity index (χ3n) is 3.12. The molecule has 3 aliphatic carbocycles. The molecule has 0 aliphatic heterocycles. The highest BCUT2D eigenvalue weighted by Gasteiger charge is 2.65. The van der Waals surface area contributed by atoms with E-state index < -0.39 is 12.6 Å². The molecule has 0 heterocycles. The van der Waals surface area contributed by atoms with Gasteiger partial charge in [0.1, 0.15) is 0 Å². The number of hydrogen-bond acceptors (Lipinski definition) is 1. The van der Waals surface area contributed by atoms with Crippen molar-refractivity contribution in [3.63, 3.8) is 0 Å². The summed E-state index contributed by atoms with van der Waals surface area (Å²) < 4.78 is 35.5. The highest BCUT2D eigenvalue weighted by atomic mass is 19.4. The first-order valence-corrected chi connectivity index (χ1v) is 4.18. The van der Waals surface area contributed by atoms with Crippen LogP contribution < -0.4 is 5.73 Å². The van der Waals surface area contributed by atoms with E-state index >= 15 is 0 Å². The molecule has 0 amide bonds. The lowest BCUT2D eigenvalue weighted by molar-refractivity contribution is -0.181. The van der Waals surface area contributed by atoms with Gasteiger partial charge in [-0.15, -0.1) is 0 Å². The van der Waals surface area contributed by atoms with Gasteiger partial charge in [-0.2, -0.15) is 13.2 Å². The zero-order chi connectivity index (χ0) is 9.04. The molecule has 0 saturated heterocycles. The number of halogens is 3. The fraction of sp³-hybridized carbons (Fsp3) is 1.00. The molecule has 3 saturated carbocycles. The third-order valence-corrected chi connectivity index (χ3v) is 3.12. The fourth-order valence-electron chi connectivity index (χ4n) is 2.76. The Morgan fingerprint density at radius 2 is 1.67 bits per heavy atom. The van der Waals surface area contributed by atoms with E-state index in [1.54, 1.807) is 0 Å². The van der Waals surface area contributed by atoms with Gasteiger partial charge in [-0.25, -0.2) is 0 Å².